The van der Waals surface area contributed by atoms with Gasteiger partial charge in [0.25, 0.3) is 0 Å². The molecule has 0 N–H and O–H groups in total. The lowest BCUT2D eigenvalue weighted by Gasteiger charge is -2.47. The first kappa shape index (κ1) is 8.28. The molecule has 3 aliphatic rings. The van der Waals surface area contributed by atoms with Crippen molar-refractivity contribution in [3.63, 3.8) is 0 Å². The summed E-state index contributed by atoms with van der Waals surface area (Å²) in [5.74, 6) is 2.29. The van der Waals surface area contributed by atoms with Crippen LogP contribution in [0, 0.1) is 11.8 Å². The molecule has 3 aliphatic carbocycles. The van der Waals surface area contributed by atoms with Gasteiger partial charge in [-0.25, -0.2) is 0 Å². The van der Waals surface area contributed by atoms with E-state index < -0.39 is 0 Å². The van der Waals surface area contributed by atoms with Crippen molar-refractivity contribution in [2.45, 2.75) is 57.0 Å². The summed E-state index contributed by atoms with van der Waals surface area (Å²) in [6, 6.07) is 1.93. The minimum atomic E-state index is 0.963. The summed E-state index contributed by atoms with van der Waals surface area (Å²) in [6.07, 6.45) is 10.6. The maximum Gasteiger partial charge on any atom is 0.0101 e. The molecule has 0 unspecified atom stereocenters. The van der Waals surface area contributed by atoms with Gasteiger partial charge in [-0.15, -0.1) is 0 Å². The zero-order valence-corrected chi connectivity index (χ0v) is 8.71. The standard InChI is InChI=1S/C12H21N/c1-13(11-3-2-4-11)12-7-10(8-12)9-5-6-9/h9-12H,2-8H2,1H3. The summed E-state index contributed by atoms with van der Waals surface area (Å²) in [5.41, 5.74) is 0. The average Bonchev–Trinajstić information content (AvgIpc) is 2.62. The van der Waals surface area contributed by atoms with E-state index >= 15 is 0 Å². The van der Waals surface area contributed by atoms with Crippen molar-refractivity contribution in [3.8, 4) is 0 Å². The van der Waals surface area contributed by atoms with E-state index in [1.54, 1.807) is 12.8 Å². The van der Waals surface area contributed by atoms with Crippen molar-refractivity contribution in [2.75, 3.05) is 7.05 Å². The zero-order chi connectivity index (χ0) is 8.84. The van der Waals surface area contributed by atoms with Gasteiger partial charge >= 0.3 is 0 Å². The summed E-state index contributed by atoms with van der Waals surface area (Å²) in [7, 11) is 2.36. The Kier molecular flexibility index (Phi) is 1.90. The second-order valence-corrected chi connectivity index (χ2v) is 5.47. The van der Waals surface area contributed by atoms with Crippen LogP contribution in [-0.2, 0) is 0 Å². The number of hydrogen-bond acceptors (Lipinski definition) is 1. The van der Waals surface area contributed by atoms with Crippen LogP contribution in [0.5, 0.6) is 0 Å². The van der Waals surface area contributed by atoms with Crippen LogP contribution in [0.4, 0.5) is 0 Å². The summed E-state index contributed by atoms with van der Waals surface area (Å²) in [5, 5.41) is 0. The fraction of sp³-hybridized carbons (Fsp3) is 1.00. The lowest BCUT2D eigenvalue weighted by molar-refractivity contribution is 0.0276. The van der Waals surface area contributed by atoms with Crippen LogP contribution < -0.4 is 0 Å². The largest absolute Gasteiger partial charge is 0.300 e. The van der Waals surface area contributed by atoms with Crippen LogP contribution in [-0.4, -0.2) is 24.0 Å². The van der Waals surface area contributed by atoms with Crippen LogP contribution in [0.15, 0.2) is 0 Å². The summed E-state index contributed by atoms with van der Waals surface area (Å²) in [6.45, 7) is 0. The van der Waals surface area contributed by atoms with E-state index in [0.717, 1.165) is 23.9 Å². The van der Waals surface area contributed by atoms with E-state index in [0.29, 0.717) is 0 Å². The van der Waals surface area contributed by atoms with Crippen LogP contribution >= 0.6 is 0 Å². The van der Waals surface area contributed by atoms with Gasteiger partial charge in [-0.3, -0.25) is 0 Å². The van der Waals surface area contributed by atoms with Gasteiger partial charge in [0.2, 0.25) is 0 Å². The smallest absolute Gasteiger partial charge is 0.0101 e. The average molecular weight is 179 g/mol. The van der Waals surface area contributed by atoms with Gasteiger partial charge in [-0.1, -0.05) is 6.42 Å². The fourth-order valence-electron chi connectivity index (χ4n) is 3.01. The highest BCUT2D eigenvalue weighted by atomic mass is 15.2. The molecular weight excluding hydrogens is 158 g/mol. The Balaban J connectivity index is 1.46. The molecule has 74 valence electrons. The Morgan fingerprint density at radius 1 is 0.846 bits per heavy atom. The van der Waals surface area contributed by atoms with Crippen molar-refractivity contribution in [2.24, 2.45) is 11.8 Å². The molecule has 0 heterocycles. The molecule has 0 aromatic rings. The molecule has 0 bridgehead atoms. The molecule has 0 aromatic heterocycles. The van der Waals surface area contributed by atoms with Gasteiger partial charge in [0.15, 0.2) is 0 Å². The summed E-state index contributed by atoms with van der Waals surface area (Å²) >= 11 is 0. The quantitative estimate of drug-likeness (QED) is 0.644. The van der Waals surface area contributed by atoms with E-state index in [1.807, 2.05) is 0 Å². The number of nitrogens with zero attached hydrogens (tertiary/aromatic N) is 1. The van der Waals surface area contributed by atoms with E-state index in [4.69, 9.17) is 0 Å². The monoisotopic (exact) mass is 179 g/mol. The predicted octanol–water partition coefficient (Wildman–Crippen LogP) is 2.66. The van der Waals surface area contributed by atoms with Crippen LogP contribution in [0.25, 0.3) is 0 Å². The minimum absolute atomic E-state index is 0.963. The third-order valence-corrected chi connectivity index (χ3v) is 4.66. The molecule has 0 amide bonds. The van der Waals surface area contributed by atoms with E-state index in [1.165, 1.54) is 32.1 Å². The van der Waals surface area contributed by atoms with E-state index in [2.05, 4.69) is 11.9 Å². The molecule has 1 nitrogen and oxygen atoms in total. The van der Waals surface area contributed by atoms with Gasteiger partial charge in [0, 0.05) is 12.1 Å². The van der Waals surface area contributed by atoms with Crippen molar-refractivity contribution in [3.05, 3.63) is 0 Å². The molecule has 0 saturated heterocycles. The third kappa shape index (κ3) is 1.41. The lowest BCUT2D eigenvalue weighted by Crippen LogP contribution is -2.50. The van der Waals surface area contributed by atoms with Crippen molar-refractivity contribution in [1.82, 2.24) is 4.90 Å². The van der Waals surface area contributed by atoms with Crippen molar-refractivity contribution < 1.29 is 0 Å². The first-order valence-electron chi connectivity index (χ1n) is 6.06. The Morgan fingerprint density at radius 3 is 2.00 bits per heavy atom. The Morgan fingerprint density at radius 2 is 1.54 bits per heavy atom. The van der Waals surface area contributed by atoms with Gasteiger partial charge in [0.05, 0.1) is 0 Å². The maximum absolute atomic E-state index is 2.68. The highest BCUT2D eigenvalue weighted by Gasteiger charge is 2.43. The zero-order valence-electron chi connectivity index (χ0n) is 8.71. The maximum atomic E-state index is 2.68. The number of rotatable bonds is 3. The molecule has 3 fully saturated rings. The molecule has 13 heavy (non-hydrogen) atoms. The lowest BCUT2D eigenvalue weighted by atomic mass is 9.75. The third-order valence-electron chi connectivity index (χ3n) is 4.66. The molecule has 3 rings (SSSR count). The topological polar surface area (TPSA) is 3.24 Å². The van der Waals surface area contributed by atoms with Gasteiger partial charge < -0.3 is 4.90 Å². The van der Waals surface area contributed by atoms with Crippen molar-refractivity contribution >= 4 is 0 Å². The first-order chi connectivity index (χ1) is 6.34. The van der Waals surface area contributed by atoms with Crippen LogP contribution in [0.3, 0.4) is 0 Å². The normalized spacial score (nSPS) is 40.2. The van der Waals surface area contributed by atoms with Gasteiger partial charge in [-0.05, 0) is 57.4 Å². The van der Waals surface area contributed by atoms with E-state index in [9.17, 15) is 0 Å². The Hall–Kier alpha value is -0.0400. The van der Waals surface area contributed by atoms with E-state index in [-0.39, 0.29) is 0 Å². The molecule has 0 spiro atoms. The van der Waals surface area contributed by atoms with Crippen LogP contribution in [0.2, 0.25) is 0 Å². The predicted molar refractivity (Wildman–Crippen MR) is 54.6 cm³/mol. The summed E-state index contributed by atoms with van der Waals surface area (Å²) in [4.78, 5) is 2.68. The SMILES string of the molecule is CN(C1CCC1)C1CC(C2CC2)C1. The molecule has 0 aromatic carbocycles. The first-order valence-corrected chi connectivity index (χ1v) is 6.06. The highest BCUT2D eigenvalue weighted by molar-refractivity contribution is 4.96. The minimum Gasteiger partial charge on any atom is -0.300 e. The summed E-state index contributed by atoms with van der Waals surface area (Å²) < 4.78 is 0. The Labute approximate surface area is 81.5 Å². The molecule has 0 radical (unpaired) electrons. The second kappa shape index (κ2) is 2.98. The molecule has 0 aliphatic heterocycles. The number of hydrogen-bond donors (Lipinski definition) is 0. The fourth-order valence-corrected chi connectivity index (χ4v) is 3.01. The molecule has 1 heteroatoms. The van der Waals surface area contributed by atoms with Crippen molar-refractivity contribution in [1.29, 1.82) is 0 Å². The van der Waals surface area contributed by atoms with Crippen LogP contribution in [0.1, 0.15) is 44.9 Å². The van der Waals surface area contributed by atoms with Gasteiger partial charge in [0.1, 0.15) is 0 Å². The van der Waals surface area contributed by atoms with Gasteiger partial charge in [-0.2, -0.15) is 0 Å². The molecule has 3 saturated carbocycles. The second-order valence-electron chi connectivity index (χ2n) is 5.47. The highest BCUT2D eigenvalue weighted by Crippen LogP contribution is 2.48. The Bertz CT molecular complexity index is 187. The molecule has 0 atom stereocenters. The molecular formula is C12H21N.